The summed E-state index contributed by atoms with van der Waals surface area (Å²) >= 11 is 0. The monoisotopic (exact) mass is 306 g/mol. The minimum Gasteiger partial charge on any atom is -0.459 e. The van der Waals surface area contributed by atoms with Gasteiger partial charge in [0.05, 0.1) is 11.9 Å². The Labute approximate surface area is 135 Å². The van der Waals surface area contributed by atoms with E-state index in [0.29, 0.717) is 12.0 Å². The van der Waals surface area contributed by atoms with E-state index in [1.807, 2.05) is 60.2 Å². The second-order valence-electron chi connectivity index (χ2n) is 5.42. The Morgan fingerprint density at radius 1 is 1.13 bits per heavy atom. The molecular weight excluding hydrogens is 288 g/mol. The first kappa shape index (κ1) is 15.0. The Balaban J connectivity index is 1.61. The van der Waals surface area contributed by atoms with E-state index in [-0.39, 0.29) is 12.1 Å². The number of rotatable bonds is 5. The smallest absolute Gasteiger partial charge is 0.338 e. The lowest BCUT2D eigenvalue weighted by molar-refractivity contribution is 0.0343. The molecule has 0 amide bonds. The van der Waals surface area contributed by atoms with Crippen molar-refractivity contribution in [3.8, 4) is 5.69 Å². The van der Waals surface area contributed by atoms with Crippen LogP contribution in [-0.4, -0.2) is 21.6 Å². The summed E-state index contributed by atoms with van der Waals surface area (Å²) in [6, 6.07) is 17.3. The molecule has 0 radical (unpaired) electrons. The van der Waals surface area contributed by atoms with Crippen molar-refractivity contribution in [2.24, 2.45) is 0 Å². The lowest BCUT2D eigenvalue weighted by atomic mass is 10.1. The molecule has 1 aromatic heterocycles. The van der Waals surface area contributed by atoms with E-state index in [1.54, 1.807) is 24.7 Å². The van der Waals surface area contributed by atoms with Gasteiger partial charge in [-0.3, -0.25) is 0 Å². The molecule has 0 aliphatic heterocycles. The topological polar surface area (TPSA) is 44.1 Å². The predicted octanol–water partition coefficient (Wildman–Crippen LogP) is 3.66. The van der Waals surface area contributed by atoms with Crippen molar-refractivity contribution in [1.29, 1.82) is 0 Å². The van der Waals surface area contributed by atoms with Crippen LogP contribution in [0.4, 0.5) is 0 Å². The SMILES string of the molecule is CC(Cc1ccccc1)OC(=O)c1ccc(-n2ccnc2)cc1. The van der Waals surface area contributed by atoms with Crippen molar-refractivity contribution in [2.75, 3.05) is 0 Å². The van der Waals surface area contributed by atoms with E-state index in [0.717, 1.165) is 11.3 Å². The van der Waals surface area contributed by atoms with Crippen molar-refractivity contribution >= 4 is 5.97 Å². The van der Waals surface area contributed by atoms with Crippen LogP contribution >= 0.6 is 0 Å². The highest BCUT2D eigenvalue weighted by molar-refractivity contribution is 5.89. The molecular formula is C19H18N2O2. The Morgan fingerprint density at radius 3 is 2.52 bits per heavy atom. The minimum absolute atomic E-state index is 0.168. The summed E-state index contributed by atoms with van der Waals surface area (Å²) in [5, 5.41) is 0. The van der Waals surface area contributed by atoms with Crippen LogP contribution in [0, 0.1) is 0 Å². The van der Waals surface area contributed by atoms with Crippen LogP contribution in [0.3, 0.4) is 0 Å². The summed E-state index contributed by atoms with van der Waals surface area (Å²) < 4.78 is 7.39. The molecule has 0 saturated carbocycles. The molecule has 0 fully saturated rings. The molecule has 3 aromatic rings. The van der Waals surface area contributed by atoms with Crippen molar-refractivity contribution in [1.82, 2.24) is 9.55 Å². The Kier molecular flexibility index (Phi) is 4.52. The number of hydrogen-bond donors (Lipinski definition) is 0. The highest BCUT2D eigenvalue weighted by atomic mass is 16.5. The average molecular weight is 306 g/mol. The number of hydrogen-bond acceptors (Lipinski definition) is 3. The third-order valence-electron chi connectivity index (χ3n) is 3.58. The largest absolute Gasteiger partial charge is 0.459 e. The number of carbonyl (C=O) groups excluding carboxylic acids is 1. The average Bonchev–Trinajstić information content (AvgIpc) is 3.10. The fraction of sp³-hybridized carbons (Fsp3) is 0.158. The van der Waals surface area contributed by atoms with E-state index < -0.39 is 0 Å². The zero-order valence-electron chi connectivity index (χ0n) is 12.9. The second kappa shape index (κ2) is 6.92. The third kappa shape index (κ3) is 3.86. The molecule has 1 unspecified atom stereocenters. The molecule has 1 atom stereocenters. The van der Waals surface area contributed by atoms with Gasteiger partial charge in [0.2, 0.25) is 0 Å². The summed E-state index contributed by atoms with van der Waals surface area (Å²) in [4.78, 5) is 16.2. The van der Waals surface area contributed by atoms with Gasteiger partial charge in [-0.15, -0.1) is 0 Å². The maximum absolute atomic E-state index is 12.2. The Morgan fingerprint density at radius 2 is 1.87 bits per heavy atom. The van der Waals surface area contributed by atoms with Gasteiger partial charge >= 0.3 is 5.97 Å². The molecule has 116 valence electrons. The summed E-state index contributed by atoms with van der Waals surface area (Å²) in [6.07, 6.45) is 5.83. The molecule has 0 spiro atoms. The normalized spacial score (nSPS) is 11.9. The van der Waals surface area contributed by atoms with Crippen LogP contribution < -0.4 is 0 Å². The first-order chi connectivity index (χ1) is 11.2. The van der Waals surface area contributed by atoms with Gasteiger partial charge in [-0.05, 0) is 36.8 Å². The molecule has 0 saturated heterocycles. The number of carbonyl (C=O) groups is 1. The summed E-state index contributed by atoms with van der Waals surface area (Å²) in [5.74, 6) is -0.300. The number of aromatic nitrogens is 2. The quantitative estimate of drug-likeness (QED) is 0.676. The summed E-state index contributed by atoms with van der Waals surface area (Å²) in [5.41, 5.74) is 2.66. The van der Waals surface area contributed by atoms with Gasteiger partial charge in [-0.2, -0.15) is 0 Å². The van der Waals surface area contributed by atoms with E-state index in [1.165, 1.54) is 0 Å². The van der Waals surface area contributed by atoms with Gasteiger partial charge in [0, 0.05) is 24.5 Å². The zero-order valence-corrected chi connectivity index (χ0v) is 12.9. The number of benzene rings is 2. The number of imidazole rings is 1. The Bertz CT molecular complexity index is 750. The number of esters is 1. The molecule has 3 rings (SSSR count). The van der Waals surface area contributed by atoms with Crippen molar-refractivity contribution in [3.63, 3.8) is 0 Å². The number of nitrogens with zero attached hydrogens (tertiary/aromatic N) is 2. The van der Waals surface area contributed by atoms with Gasteiger partial charge in [0.1, 0.15) is 6.10 Å². The molecule has 0 bridgehead atoms. The summed E-state index contributed by atoms with van der Waals surface area (Å²) in [6.45, 7) is 1.91. The highest BCUT2D eigenvalue weighted by Gasteiger charge is 2.12. The van der Waals surface area contributed by atoms with E-state index in [9.17, 15) is 4.79 Å². The van der Waals surface area contributed by atoms with Gasteiger partial charge in [0.25, 0.3) is 0 Å². The molecule has 1 heterocycles. The Hall–Kier alpha value is -2.88. The van der Waals surface area contributed by atoms with Crippen LogP contribution in [-0.2, 0) is 11.2 Å². The highest BCUT2D eigenvalue weighted by Crippen LogP contribution is 2.12. The van der Waals surface area contributed by atoms with Crippen molar-refractivity contribution in [3.05, 3.63) is 84.4 Å². The number of ether oxygens (including phenoxy) is 1. The minimum atomic E-state index is -0.300. The van der Waals surface area contributed by atoms with E-state index in [2.05, 4.69) is 4.98 Å². The molecule has 4 nitrogen and oxygen atoms in total. The molecule has 4 heteroatoms. The summed E-state index contributed by atoms with van der Waals surface area (Å²) in [7, 11) is 0. The van der Waals surface area contributed by atoms with Crippen LogP contribution in [0.25, 0.3) is 5.69 Å². The molecule has 23 heavy (non-hydrogen) atoms. The van der Waals surface area contributed by atoms with Gasteiger partial charge < -0.3 is 9.30 Å². The van der Waals surface area contributed by atoms with Crippen molar-refractivity contribution in [2.45, 2.75) is 19.4 Å². The van der Waals surface area contributed by atoms with Gasteiger partial charge in [0.15, 0.2) is 0 Å². The van der Waals surface area contributed by atoms with E-state index in [4.69, 9.17) is 4.74 Å². The fourth-order valence-electron chi connectivity index (χ4n) is 2.42. The first-order valence-electron chi connectivity index (χ1n) is 7.55. The van der Waals surface area contributed by atoms with Gasteiger partial charge in [-0.1, -0.05) is 30.3 Å². The van der Waals surface area contributed by atoms with Crippen LogP contribution in [0.5, 0.6) is 0 Å². The molecule has 2 aromatic carbocycles. The standard InChI is InChI=1S/C19H18N2O2/c1-15(13-16-5-3-2-4-6-16)23-19(22)17-7-9-18(10-8-17)21-12-11-20-14-21/h2-12,14-15H,13H2,1H3. The third-order valence-corrected chi connectivity index (χ3v) is 3.58. The van der Waals surface area contributed by atoms with Crippen molar-refractivity contribution < 1.29 is 9.53 Å². The molecule has 0 aliphatic rings. The molecule has 0 N–H and O–H groups in total. The maximum atomic E-state index is 12.2. The maximum Gasteiger partial charge on any atom is 0.338 e. The lowest BCUT2D eigenvalue weighted by Crippen LogP contribution is -2.17. The lowest BCUT2D eigenvalue weighted by Gasteiger charge is -2.13. The van der Waals surface area contributed by atoms with Crippen LogP contribution in [0.2, 0.25) is 0 Å². The zero-order chi connectivity index (χ0) is 16.1. The van der Waals surface area contributed by atoms with Gasteiger partial charge in [-0.25, -0.2) is 9.78 Å². The van der Waals surface area contributed by atoms with E-state index >= 15 is 0 Å². The second-order valence-corrected chi connectivity index (χ2v) is 5.42. The fourth-order valence-corrected chi connectivity index (χ4v) is 2.42. The van der Waals surface area contributed by atoms with Crippen LogP contribution in [0.1, 0.15) is 22.8 Å². The first-order valence-corrected chi connectivity index (χ1v) is 7.55. The van der Waals surface area contributed by atoms with Crippen LogP contribution in [0.15, 0.2) is 73.3 Å². The predicted molar refractivity (Wildman–Crippen MR) is 88.6 cm³/mol. The molecule has 0 aliphatic carbocycles.